The Morgan fingerprint density at radius 3 is 2.47 bits per heavy atom. The first-order chi connectivity index (χ1) is 9.01. The third-order valence-corrected chi connectivity index (χ3v) is 3.72. The lowest BCUT2D eigenvalue weighted by molar-refractivity contribution is 0.408. The van der Waals surface area contributed by atoms with Crippen LogP contribution in [0.15, 0.2) is 6.07 Å². The van der Waals surface area contributed by atoms with E-state index in [4.69, 9.17) is 10.5 Å². The van der Waals surface area contributed by atoms with E-state index in [1.54, 1.807) is 7.11 Å². The lowest BCUT2D eigenvalue weighted by Crippen LogP contribution is -2.01. The Kier molecular flexibility index (Phi) is 3.62. The summed E-state index contributed by atoms with van der Waals surface area (Å²) < 4.78 is 5.47. The highest BCUT2D eigenvalue weighted by atomic mass is 16.5. The molecule has 0 radical (unpaired) electrons. The van der Waals surface area contributed by atoms with Crippen LogP contribution in [0.4, 0.5) is 0 Å². The molecule has 102 valence electrons. The fourth-order valence-corrected chi connectivity index (χ4v) is 2.62. The van der Waals surface area contributed by atoms with Crippen LogP contribution in [-0.2, 0) is 6.54 Å². The van der Waals surface area contributed by atoms with Gasteiger partial charge in [-0.05, 0) is 56.0 Å². The molecule has 19 heavy (non-hydrogen) atoms. The number of hydrogen-bond acceptors (Lipinski definition) is 3. The molecule has 0 atom stereocenters. The van der Waals surface area contributed by atoms with E-state index in [-0.39, 0.29) is 0 Å². The van der Waals surface area contributed by atoms with Crippen LogP contribution in [0.1, 0.15) is 28.1 Å². The summed E-state index contributed by atoms with van der Waals surface area (Å²) in [5, 5.41) is 7.29. The van der Waals surface area contributed by atoms with Crippen LogP contribution in [0.25, 0.3) is 11.1 Å². The van der Waals surface area contributed by atoms with Gasteiger partial charge in [0, 0.05) is 17.8 Å². The van der Waals surface area contributed by atoms with Gasteiger partial charge in [0.1, 0.15) is 5.75 Å². The topological polar surface area (TPSA) is 63.9 Å². The number of aryl methyl sites for hydroxylation is 2. The summed E-state index contributed by atoms with van der Waals surface area (Å²) >= 11 is 0. The predicted molar refractivity (Wildman–Crippen MR) is 77.4 cm³/mol. The minimum Gasteiger partial charge on any atom is -0.496 e. The number of aromatic amines is 1. The maximum absolute atomic E-state index is 5.78. The minimum atomic E-state index is 0.434. The number of H-pyrrole nitrogens is 1. The largest absolute Gasteiger partial charge is 0.496 e. The van der Waals surface area contributed by atoms with Crippen molar-refractivity contribution in [3.63, 3.8) is 0 Å². The van der Waals surface area contributed by atoms with Crippen LogP contribution in [0, 0.1) is 27.7 Å². The number of ether oxygens (including phenoxy) is 1. The maximum Gasteiger partial charge on any atom is 0.124 e. The van der Waals surface area contributed by atoms with Crippen LogP contribution in [0.5, 0.6) is 5.75 Å². The monoisotopic (exact) mass is 259 g/mol. The molecule has 0 amide bonds. The van der Waals surface area contributed by atoms with Crippen molar-refractivity contribution in [3.05, 3.63) is 34.1 Å². The van der Waals surface area contributed by atoms with E-state index in [1.807, 2.05) is 6.92 Å². The molecule has 4 heteroatoms. The fourth-order valence-electron chi connectivity index (χ4n) is 2.62. The number of nitrogens with two attached hydrogens (primary N) is 1. The molecule has 0 saturated carbocycles. The van der Waals surface area contributed by atoms with Crippen molar-refractivity contribution in [2.24, 2.45) is 5.73 Å². The van der Waals surface area contributed by atoms with E-state index in [2.05, 4.69) is 37.0 Å². The first-order valence-electron chi connectivity index (χ1n) is 6.40. The number of nitrogens with zero attached hydrogens (tertiary/aromatic N) is 1. The van der Waals surface area contributed by atoms with E-state index in [9.17, 15) is 0 Å². The van der Waals surface area contributed by atoms with Gasteiger partial charge in [0.15, 0.2) is 0 Å². The van der Waals surface area contributed by atoms with Crippen LogP contribution >= 0.6 is 0 Å². The second-order valence-corrected chi connectivity index (χ2v) is 4.90. The molecule has 0 unspecified atom stereocenters. The number of benzene rings is 1. The molecule has 0 aliphatic heterocycles. The summed E-state index contributed by atoms with van der Waals surface area (Å²) in [7, 11) is 1.71. The van der Waals surface area contributed by atoms with Crippen molar-refractivity contribution in [3.8, 4) is 16.9 Å². The number of aromatic nitrogens is 2. The van der Waals surface area contributed by atoms with Gasteiger partial charge in [-0.15, -0.1) is 0 Å². The zero-order valence-electron chi connectivity index (χ0n) is 12.2. The van der Waals surface area contributed by atoms with Crippen molar-refractivity contribution in [2.75, 3.05) is 7.11 Å². The molecule has 0 fully saturated rings. The summed E-state index contributed by atoms with van der Waals surface area (Å²) in [6.45, 7) is 8.72. The van der Waals surface area contributed by atoms with Gasteiger partial charge in [0.2, 0.25) is 0 Å². The number of rotatable bonds is 3. The zero-order chi connectivity index (χ0) is 14.2. The van der Waals surface area contributed by atoms with Gasteiger partial charge >= 0.3 is 0 Å². The average Bonchev–Trinajstić information content (AvgIpc) is 2.75. The molecule has 2 rings (SSSR count). The average molecular weight is 259 g/mol. The zero-order valence-corrected chi connectivity index (χ0v) is 12.2. The molecular formula is C15H21N3O. The Balaban J connectivity index is 2.73. The molecule has 0 aliphatic rings. The normalized spacial score (nSPS) is 10.8. The second-order valence-electron chi connectivity index (χ2n) is 4.90. The Hall–Kier alpha value is -1.81. The number of hydrogen-bond donors (Lipinski definition) is 2. The van der Waals surface area contributed by atoms with Gasteiger partial charge in [0.05, 0.1) is 12.8 Å². The molecule has 0 saturated heterocycles. The van der Waals surface area contributed by atoms with E-state index in [0.29, 0.717) is 6.54 Å². The highest BCUT2D eigenvalue weighted by Gasteiger charge is 2.17. The third-order valence-electron chi connectivity index (χ3n) is 3.72. The van der Waals surface area contributed by atoms with Gasteiger partial charge in [-0.2, -0.15) is 5.10 Å². The predicted octanol–water partition coefficient (Wildman–Crippen LogP) is 2.78. The van der Waals surface area contributed by atoms with E-state index < -0.39 is 0 Å². The molecule has 2 aromatic rings. The van der Waals surface area contributed by atoms with Crippen LogP contribution < -0.4 is 10.5 Å². The van der Waals surface area contributed by atoms with Crippen LogP contribution in [-0.4, -0.2) is 17.3 Å². The molecule has 1 heterocycles. The van der Waals surface area contributed by atoms with Gasteiger partial charge < -0.3 is 10.5 Å². The molecule has 0 aliphatic carbocycles. The van der Waals surface area contributed by atoms with Gasteiger partial charge in [-0.3, -0.25) is 5.10 Å². The first-order valence-corrected chi connectivity index (χ1v) is 6.40. The van der Waals surface area contributed by atoms with E-state index in [0.717, 1.165) is 28.3 Å². The lowest BCUT2D eigenvalue weighted by atomic mass is 9.92. The standard InChI is InChI=1S/C15H21N3O/c1-8-6-12(9(2)10(3)15(8)19-5)14-11(4)17-18-13(14)7-16/h6H,7,16H2,1-5H3,(H,17,18). The number of nitrogens with one attached hydrogen (secondary N) is 1. The highest BCUT2D eigenvalue weighted by molar-refractivity contribution is 5.75. The maximum atomic E-state index is 5.78. The van der Waals surface area contributed by atoms with Crippen molar-refractivity contribution in [1.82, 2.24) is 10.2 Å². The Bertz CT molecular complexity index is 614. The van der Waals surface area contributed by atoms with E-state index in [1.165, 1.54) is 16.7 Å². The summed E-state index contributed by atoms with van der Waals surface area (Å²) in [5.74, 6) is 0.955. The highest BCUT2D eigenvalue weighted by Crippen LogP contribution is 2.36. The van der Waals surface area contributed by atoms with E-state index >= 15 is 0 Å². The number of methoxy groups -OCH3 is 1. The third kappa shape index (κ3) is 2.12. The summed E-state index contributed by atoms with van der Waals surface area (Å²) in [6, 6.07) is 2.15. The lowest BCUT2D eigenvalue weighted by Gasteiger charge is -2.16. The van der Waals surface area contributed by atoms with Crippen LogP contribution in [0.2, 0.25) is 0 Å². The van der Waals surface area contributed by atoms with Gasteiger partial charge in [-0.1, -0.05) is 0 Å². The summed E-state index contributed by atoms with van der Waals surface area (Å²) in [6.07, 6.45) is 0. The minimum absolute atomic E-state index is 0.434. The molecule has 1 aromatic carbocycles. The molecular weight excluding hydrogens is 238 g/mol. The molecule has 0 spiro atoms. The van der Waals surface area contributed by atoms with Crippen molar-refractivity contribution in [2.45, 2.75) is 34.2 Å². The van der Waals surface area contributed by atoms with Gasteiger partial charge in [-0.25, -0.2) is 0 Å². The van der Waals surface area contributed by atoms with Crippen molar-refractivity contribution >= 4 is 0 Å². The summed E-state index contributed by atoms with van der Waals surface area (Å²) in [5.41, 5.74) is 13.5. The smallest absolute Gasteiger partial charge is 0.124 e. The van der Waals surface area contributed by atoms with Gasteiger partial charge in [0.25, 0.3) is 0 Å². The molecule has 1 aromatic heterocycles. The quantitative estimate of drug-likeness (QED) is 0.890. The second kappa shape index (κ2) is 5.05. The van der Waals surface area contributed by atoms with Crippen molar-refractivity contribution < 1.29 is 4.74 Å². The Morgan fingerprint density at radius 2 is 1.89 bits per heavy atom. The molecule has 0 bridgehead atoms. The first kappa shape index (κ1) is 13.6. The summed E-state index contributed by atoms with van der Waals surface area (Å²) in [4.78, 5) is 0. The molecule has 3 N–H and O–H groups in total. The van der Waals surface area contributed by atoms with Crippen molar-refractivity contribution in [1.29, 1.82) is 0 Å². The fraction of sp³-hybridized carbons (Fsp3) is 0.400. The molecule has 4 nitrogen and oxygen atoms in total. The SMILES string of the molecule is COc1c(C)cc(-c2c(CN)n[nH]c2C)c(C)c1C. The Morgan fingerprint density at radius 1 is 1.21 bits per heavy atom. The van der Waals surface area contributed by atoms with Crippen LogP contribution in [0.3, 0.4) is 0 Å². The Labute approximate surface area is 114 Å².